The third kappa shape index (κ3) is 2.83. The third-order valence-corrected chi connectivity index (χ3v) is 2.97. The summed E-state index contributed by atoms with van der Waals surface area (Å²) in [6, 6.07) is 15.0. The van der Waals surface area contributed by atoms with Crippen LogP contribution >= 0.6 is 0 Å². The number of hydrogen-bond donors (Lipinski definition) is 0. The first kappa shape index (κ1) is 13.3. The first-order chi connectivity index (χ1) is 9.13. The molecule has 2 aromatic carbocycles. The second-order valence-electron chi connectivity index (χ2n) is 4.44. The van der Waals surface area contributed by atoms with E-state index in [4.69, 9.17) is 4.84 Å². The Hall–Kier alpha value is -2.13. The molecule has 19 heavy (non-hydrogen) atoms. The Morgan fingerprint density at radius 3 is 2.37 bits per heavy atom. The van der Waals surface area contributed by atoms with Gasteiger partial charge < -0.3 is 0 Å². The lowest BCUT2D eigenvalue weighted by molar-refractivity contribution is 0.0772. The molecule has 0 saturated carbocycles. The zero-order chi connectivity index (χ0) is 13.8. The predicted molar refractivity (Wildman–Crippen MR) is 76.2 cm³/mol. The van der Waals surface area contributed by atoms with Crippen molar-refractivity contribution in [1.29, 1.82) is 0 Å². The summed E-state index contributed by atoms with van der Waals surface area (Å²) < 4.78 is 0. The normalized spacial score (nSPS) is 10.3. The number of carbonyl (C=O) groups excluding carboxylic acids is 1. The van der Waals surface area contributed by atoms with Crippen LogP contribution in [0.15, 0.2) is 48.5 Å². The minimum atomic E-state index is -0.170. The van der Waals surface area contributed by atoms with Gasteiger partial charge in [-0.3, -0.25) is 9.63 Å². The molecular formula is C16H17NO2. The molecule has 0 bridgehead atoms. The molecule has 0 heterocycles. The van der Waals surface area contributed by atoms with Crippen molar-refractivity contribution < 1.29 is 9.63 Å². The summed E-state index contributed by atoms with van der Waals surface area (Å²) in [7, 11) is 1.50. The van der Waals surface area contributed by atoms with Crippen LogP contribution in [0.1, 0.15) is 21.5 Å². The average molecular weight is 255 g/mol. The Kier molecular flexibility index (Phi) is 3.97. The number of aryl methyl sites for hydroxylation is 2. The molecule has 0 aliphatic rings. The number of rotatable bonds is 3. The smallest absolute Gasteiger partial charge is 0.269 e. The lowest BCUT2D eigenvalue weighted by atomic mass is 10.1. The van der Waals surface area contributed by atoms with E-state index in [1.54, 1.807) is 12.1 Å². The quantitative estimate of drug-likeness (QED) is 0.785. The Bertz CT molecular complexity index is 579. The lowest BCUT2D eigenvalue weighted by Crippen LogP contribution is -2.30. The van der Waals surface area contributed by atoms with Crippen molar-refractivity contribution in [3.63, 3.8) is 0 Å². The second-order valence-corrected chi connectivity index (χ2v) is 4.44. The van der Waals surface area contributed by atoms with Gasteiger partial charge in [-0.15, -0.1) is 0 Å². The van der Waals surface area contributed by atoms with E-state index in [1.807, 2.05) is 50.2 Å². The van der Waals surface area contributed by atoms with Crippen LogP contribution in [0.3, 0.4) is 0 Å². The van der Waals surface area contributed by atoms with E-state index in [2.05, 4.69) is 0 Å². The van der Waals surface area contributed by atoms with Crippen molar-refractivity contribution in [3.8, 4) is 0 Å². The molecule has 2 rings (SSSR count). The van der Waals surface area contributed by atoms with Gasteiger partial charge in [-0.1, -0.05) is 30.3 Å². The van der Waals surface area contributed by atoms with E-state index in [0.717, 1.165) is 16.8 Å². The van der Waals surface area contributed by atoms with E-state index in [1.165, 1.54) is 12.2 Å². The summed E-state index contributed by atoms with van der Waals surface area (Å²) >= 11 is 0. The Morgan fingerprint density at radius 2 is 1.74 bits per heavy atom. The molecule has 0 aliphatic heterocycles. The minimum absolute atomic E-state index is 0.170. The first-order valence-corrected chi connectivity index (χ1v) is 6.14. The minimum Gasteiger partial charge on any atom is -0.269 e. The van der Waals surface area contributed by atoms with E-state index < -0.39 is 0 Å². The van der Waals surface area contributed by atoms with Gasteiger partial charge >= 0.3 is 0 Å². The molecule has 0 atom stereocenters. The molecule has 0 unspecified atom stereocenters. The van der Waals surface area contributed by atoms with Crippen LogP contribution in [0.4, 0.5) is 5.69 Å². The van der Waals surface area contributed by atoms with Crippen molar-refractivity contribution in [2.45, 2.75) is 13.8 Å². The highest BCUT2D eigenvalue weighted by Crippen LogP contribution is 2.23. The van der Waals surface area contributed by atoms with Crippen LogP contribution in [-0.2, 0) is 4.84 Å². The van der Waals surface area contributed by atoms with Crippen molar-refractivity contribution in [2.24, 2.45) is 0 Å². The fourth-order valence-electron chi connectivity index (χ4n) is 1.93. The molecule has 0 fully saturated rings. The van der Waals surface area contributed by atoms with Gasteiger partial charge in [-0.25, -0.2) is 0 Å². The first-order valence-electron chi connectivity index (χ1n) is 6.14. The molecule has 98 valence electrons. The maximum absolute atomic E-state index is 12.4. The van der Waals surface area contributed by atoms with Crippen molar-refractivity contribution in [1.82, 2.24) is 0 Å². The van der Waals surface area contributed by atoms with Crippen molar-refractivity contribution >= 4 is 11.6 Å². The van der Waals surface area contributed by atoms with Crippen LogP contribution in [0.25, 0.3) is 0 Å². The summed E-state index contributed by atoms with van der Waals surface area (Å²) in [5.41, 5.74) is 3.46. The monoisotopic (exact) mass is 255 g/mol. The molecule has 0 spiro atoms. The van der Waals surface area contributed by atoms with E-state index in [0.29, 0.717) is 5.56 Å². The second kappa shape index (κ2) is 5.67. The molecule has 3 nitrogen and oxygen atoms in total. The van der Waals surface area contributed by atoms with Gasteiger partial charge in [0.15, 0.2) is 0 Å². The summed E-state index contributed by atoms with van der Waals surface area (Å²) in [6.45, 7) is 3.95. The number of benzene rings is 2. The molecule has 0 N–H and O–H groups in total. The molecule has 0 saturated heterocycles. The molecule has 2 aromatic rings. The fourth-order valence-corrected chi connectivity index (χ4v) is 1.93. The number of nitrogens with zero attached hydrogens (tertiary/aromatic N) is 1. The van der Waals surface area contributed by atoms with Crippen LogP contribution in [0.5, 0.6) is 0 Å². The number of carbonyl (C=O) groups is 1. The van der Waals surface area contributed by atoms with Crippen LogP contribution in [0, 0.1) is 13.8 Å². The molecular weight excluding hydrogens is 238 g/mol. The van der Waals surface area contributed by atoms with Gasteiger partial charge in [0.1, 0.15) is 0 Å². The number of anilines is 1. The number of hydrogen-bond acceptors (Lipinski definition) is 2. The molecule has 0 radical (unpaired) electrons. The molecule has 0 aliphatic carbocycles. The highest BCUT2D eigenvalue weighted by Gasteiger charge is 2.19. The third-order valence-electron chi connectivity index (χ3n) is 2.97. The Morgan fingerprint density at radius 1 is 1.05 bits per heavy atom. The lowest BCUT2D eigenvalue weighted by Gasteiger charge is -2.22. The van der Waals surface area contributed by atoms with Gasteiger partial charge in [0.05, 0.1) is 12.8 Å². The summed E-state index contributed by atoms with van der Waals surface area (Å²) in [5.74, 6) is -0.170. The zero-order valence-electron chi connectivity index (χ0n) is 11.4. The SMILES string of the molecule is CON(C(=O)c1ccccc1)c1cc(C)ccc1C. The van der Waals surface area contributed by atoms with Crippen LogP contribution in [0.2, 0.25) is 0 Å². The highest BCUT2D eigenvalue weighted by atomic mass is 16.7. The van der Waals surface area contributed by atoms with Crippen LogP contribution in [-0.4, -0.2) is 13.0 Å². The van der Waals surface area contributed by atoms with Gasteiger partial charge in [-0.2, -0.15) is 5.06 Å². The Labute approximate surface area is 113 Å². The molecule has 1 amide bonds. The standard InChI is InChI=1S/C16H17NO2/c1-12-9-10-13(2)15(11-12)17(19-3)16(18)14-7-5-4-6-8-14/h4-11H,1-3H3. The molecule has 3 heteroatoms. The Balaban J connectivity index is 2.40. The predicted octanol–water partition coefficient (Wildman–Crippen LogP) is 3.51. The maximum Gasteiger partial charge on any atom is 0.282 e. The number of amides is 1. The largest absolute Gasteiger partial charge is 0.282 e. The summed E-state index contributed by atoms with van der Waals surface area (Å²) in [5, 5.41) is 1.33. The topological polar surface area (TPSA) is 29.5 Å². The summed E-state index contributed by atoms with van der Waals surface area (Å²) in [4.78, 5) is 17.7. The van der Waals surface area contributed by atoms with Crippen molar-refractivity contribution in [2.75, 3.05) is 12.2 Å². The van der Waals surface area contributed by atoms with Gasteiger partial charge in [0.2, 0.25) is 0 Å². The van der Waals surface area contributed by atoms with Crippen LogP contribution < -0.4 is 5.06 Å². The van der Waals surface area contributed by atoms with Gasteiger partial charge in [0.25, 0.3) is 5.91 Å². The summed E-state index contributed by atoms with van der Waals surface area (Å²) in [6.07, 6.45) is 0. The zero-order valence-corrected chi connectivity index (χ0v) is 11.4. The van der Waals surface area contributed by atoms with Crippen molar-refractivity contribution in [3.05, 3.63) is 65.2 Å². The maximum atomic E-state index is 12.4. The fraction of sp³-hybridized carbons (Fsp3) is 0.188. The van der Waals surface area contributed by atoms with E-state index in [9.17, 15) is 4.79 Å². The average Bonchev–Trinajstić information content (AvgIpc) is 2.44. The number of hydroxylamine groups is 1. The molecule has 0 aromatic heterocycles. The van der Waals surface area contributed by atoms with Gasteiger partial charge in [0, 0.05) is 5.56 Å². The van der Waals surface area contributed by atoms with E-state index >= 15 is 0 Å². The van der Waals surface area contributed by atoms with E-state index in [-0.39, 0.29) is 5.91 Å². The highest BCUT2D eigenvalue weighted by molar-refractivity contribution is 6.05. The van der Waals surface area contributed by atoms with Gasteiger partial charge in [-0.05, 0) is 43.2 Å².